The van der Waals surface area contributed by atoms with Crippen LogP contribution in [0.1, 0.15) is 41.8 Å². The van der Waals surface area contributed by atoms with Crippen molar-refractivity contribution in [3.63, 3.8) is 0 Å². The maximum atomic E-state index is 5.99. The molecule has 0 radical (unpaired) electrons. The van der Waals surface area contributed by atoms with Gasteiger partial charge < -0.3 is 4.74 Å². The van der Waals surface area contributed by atoms with Crippen LogP contribution in [0.5, 0.6) is 0 Å². The molecule has 1 N–H and O–H groups in total. The Balaban J connectivity index is 1.93. The van der Waals surface area contributed by atoms with Gasteiger partial charge in [-0.3, -0.25) is 5.10 Å². The summed E-state index contributed by atoms with van der Waals surface area (Å²) in [5, 5.41) is 6.94. The van der Waals surface area contributed by atoms with E-state index in [1.54, 1.807) is 6.33 Å². The summed E-state index contributed by atoms with van der Waals surface area (Å²) in [4.78, 5) is 4.30. The van der Waals surface area contributed by atoms with Crippen molar-refractivity contribution in [1.82, 2.24) is 15.2 Å². The molecule has 0 aliphatic carbocycles. The quantitative estimate of drug-likeness (QED) is 0.920. The van der Waals surface area contributed by atoms with Crippen molar-refractivity contribution in [2.24, 2.45) is 0 Å². The van der Waals surface area contributed by atoms with E-state index < -0.39 is 0 Å². The first-order valence-corrected chi connectivity index (χ1v) is 7.28. The van der Waals surface area contributed by atoms with Gasteiger partial charge in [0.15, 0.2) is 0 Å². The van der Waals surface area contributed by atoms with Crippen molar-refractivity contribution in [2.75, 3.05) is 6.61 Å². The Bertz CT molecular complexity index is 556. The van der Waals surface area contributed by atoms with E-state index in [0.29, 0.717) is 0 Å². The number of hydrogen-bond acceptors (Lipinski definition) is 3. The lowest BCUT2D eigenvalue weighted by Gasteiger charge is -2.30. The van der Waals surface area contributed by atoms with Gasteiger partial charge in [0.25, 0.3) is 0 Å². The average molecular weight is 322 g/mol. The van der Waals surface area contributed by atoms with E-state index in [1.165, 1.54) is 11.1 Å². The van der Waals surface area contributed by atoms with Gasteiger partial charge in [-0.25, -0.2) is 4.98 Å². The number of hydrogen-bond donors (Lipinski definition) is 1. The molecule has 1 aromatic heterocycles. The molecule has 3 rings (SSSR count). The highest BCUT2D eigenvalue weighted by atomic mass is 79.9. The van der Waals surface area contributed by atoms with Gasteiger partial charge in [0.05, 0.1) is 6.10 Å². The third kappa shape index (κ3) is 2.58. The average Bonchev–Trinajstić information content (AvgIpc) is 2.96. The molecule has 19 heavy (non-hydrogen) atoms. The topological polar surface area (TPSA) is 50.8 Å². The molecule has 2 aromatic rings. The van der Waals surface area contributed by atoms with E-state index >= 15 is 0 Å². The van der Waals surface area contributed by atoms with Crippen molar-refractivity contribution in [1.29, 1.82) is 0 Å². The summed E-state index contributed by atoms with van der Waals surface area (Å²) in [5.41, 5.74) is 2.43. The van der Waals surface area contributed by atoms with E-state index in [4.69, 9.17) is 4.74 Å². The Hall–Kier alpha value is -1.20. The van der Waals surface area contributed by atoms with E-state index in [9.17, 15) is 0 Å². The van der Waals surface area contributed by atoms with Crippen LogP contribution < -0.4 is 0 Å². The zero-order valence-electron chi connectivity index (χ0n) is 10.8. The lowest BCUT2D eigenvalue weighted by molar-refractivity contribution is -0.00441. The fourth-order valence-corrected chi connectivity index (χ4v) is 2.87. The minimum atomic E-state index is 0.0634. The van der Waals surface area contributed by atoms with Crippen LogP contribution in [0.3, 0.4) is 0 Å². The fourth-order valence-electron chi connectivity index (χ4n) is 2.63. The van der Waals surface area contributed by atoms with Crippen LogP contribution in [0.4, 0.5) is 0 Å². The lowest BCUT2D eigenvalue weighted by atomic mass is 9.88. The number of aromatic nitrogens is 3. The molecule has 1 saturated heterocycles. The van der Waals surface area contributed by atoms with Crippen LogP contribution in [0, 0.1) is 6.92 Å². The molecule has 2 atom stereocenters. The molecular formula is C14H16BrN3O. The fraction of sp³-hybridized carbons (Fsp3) is 0.429. The maximum absolute atomic E-state index is 5.99. The van der Waals surface area contributed by atoms with E-state index in [-0.39, 0.29) is 12.0 Å². The SMILES string of the molecule is Cc1cc(C2OCCCC2c2ncn[nH]2)ccc1Br. The van der Waals surface area contributed by atoms with E-state index in [1.807, 2.05) is 0 Å². The summed E-state index contributed by atoms with van der Waals surface area (Å²) in [5.74, 6) is 1.18. The molecule has 1 aliphatic heterocycles. The molecule has 1 fully saturated rings. The highest BCUT2D eigenvalue weighted by molar-refractivity contribution is 9.10. The van der Waals surface area contributed by atoms with Crippen LogP contribution in [0.15, 0.2) is 29.0 Å². The Labute approximate surface area is 120 Å². The summed E-state index contributed by atoms with van der Waals surface area (Å²) < 4.78 is 7.12. The molecule has 0 amide bonds. The number of aromatic amines is 1. The zero-order valence-corrected chi connectivity index (χ0v) is 12.4. The van der Waals surface area contributed by atoms with Crippen LogP contribution in [-0.2, 0) is 4.74 Å². The summed E-state index contributed by atoms with van der Waals surface area (Å²) in [7, 11) is 0. The zero-order chi connectivity index (χ0) is 13.2. The Morgan fingerprint density at radius 2 is 2.32 bits per heavy atom. The van der Waals surface area contributed by atoms with Gasteiger partial charge in [0.2, 0.25) is 0 Å². The van der Waals surface area contributed by atoms with Crippen LogP contribution >= 0.6 is 15.9 Å². The van der Waals surface area contributed by atoms with Crippen LogP contribution in [0.2, 0.25) is 0 Å². The van der Waals surface area contributed by atoms with Crippen molar-refractivity contribution < 1.29 is 4.74 Å². The van der Waals surface area contributed by atoms with Gasteiger partial charge in [-0.15, -0.1) is 0 Å². The minimum Gasteiger partial charge on any atom is -0.373 e. The molecule has 5 heteroatoms. The molecule has 2 heterocycles. The molecule has 2 unspecified atom stereocenters. The summed E-state index contributed by atoms with van der Waals surface area (Å²) in [6.45, 7) is 2.91. The number of benzene rings is 1. The van der Waals surface area contributed by atoms with Gasteiger partial charge in [-0.05, 0) is 37.0 Å². The van der Waals surface area contributed by atoms with Gasteiger partial charge in [-0.1, -0.05) is 28.1 Å². The first-order valence-electron chi connectivity index (χ1n) is 6.48. The Kier molecular flexibility index (Phi) is 3.66. The Morgan fingerprint density at radius 3 is 3.05 bits per heavy atom. The van der Waals surface area contributed by atoms with Gasteiger partial charge in [0.1, 0.15) is 12.2 Å². The lowest BCUT2D eigenvalue weighted by Crippen LogP contribution is -2.22. The third-order valence-corrected chi connectivity index (χ3v) is 4.51. The van der Waals surface area contributed by atoms with Crippen molar-refractivity contribution in [3.05, 3.63) is 46.0 Å². The number of ether oxygens (including phenoxy) is 1. The highest BCUT2D eigenvalue weighted by Crippen LogP contribution is 2.39. The molecule has 1 aliphatic rings. The molecular weight excluding hydrogens is 306 g/mol. The van der Waals surface area contributed by atoms with Crippen LogP contribution in [0.25, 0.3) is 0 Å². The number of nitrogens with one attached hydrogen (secondary N) is 1. The van der Waals surface area contributed by atoms with Gasteiger partial charge in [0, 0.05) is 17.0 Å². The van der Waals surface area contributed by atoms with Crippen molar-refractivity contribution in [3.8, 4) is 0 Å². The number of nitrogens with zero attached hydrogens (tertiary/aromatic N) is 2. The van der Waals surface area contributed by atoms with Crippen molar-refractivity contribution in [2.45, 2.75) is 31.8 Å². The number of H-pyrrole nitrogens is 1. The molecule has 1 aromatic carbocycles. The van der Waals surface area contributed by atoms with Crippen LogP contribution in [-0.4, -0.2) is 21.8 Å². The standard InChI is InChI=1S/C14H16BrN3O/c1-9-7-10(4-5-12(9)15)13-11(3-2-6-19-13)14-16-8-17-18-14/h4-5,7-8,11,13H,2-3,6H2,1H3,(H,16,17,18). The van der Waals surface area contributed by atoms with E-state index in [0.717, 1.165) is 29.7 Å². The minimum absolute atomic E-state index is 0.0634. The number of halogens is 1. The summed E-state index contributed by atoms with van der Waals surface area (Å²) >= 11 is 3.54. The predicted molar refractivity (Wildman–Crippen MR) is 75.9 cm³/mol. The molecule has 0 bridgehead atoms. The second-order valence-corrected chi connectivity index (χ2v) is 5.77. The largest absolute Gasteiger partial charge is 0.373 e. The summed E-state index contributed by atoms with van der Waals surface area (Å²) in [6.07, 6.45) is 3.77. The second-order valence-electron chi connectivity index (χ2n) is 4.92. The second kappa shape index (κ2) is 5.43. The smallest absolute Gasteiger partial charge is 0.137 e. The van der Waals surface area contributed by atoms with Gasteiger partial charge >= 0.3 is 0 Å². The van der Waals surface area contributed by atoms with Gasteiger partial charge in [-0.2, -0.15) is 5.10 Å². The molecule has 4 nitrogen and oxygen atoms in total. The molecule has 0 spiro atoms. The Morgan fingerprint density at radius 1 is 1.42 bits per heavy atom. The first kappa shape index (κ1) is 12.8. The number of aryl methyl sites for hydroxylation is 1. The number of rotatable bonds is 2. The molecule has 100 valence electrons. The van der Waals surface area contributed by atoms with Crippen molar-refractivity contribution >= 4 is 15.9 Å². The normalized spacial score (nSPS) is 23.5. The predicted octanol–water partition coefficient (Wildman–Crippen LogP) is 3.51. The first-order chi connectivity index (χ1) is 9.25. The third-order valence-electron chi connectivity index (χ3n) is 3.62. The molecule has 0 saturated carbocycles. The maximum Gasteiger partial charge on any atom is 0.137 e. The summed E-state index contributed by atoms with van der Waals surface area (Å²) in [6, 6.07) is 6.39. The monoisotopic (exact) mass is 321 g/mol. The highest BCUT2D eigenvalue weighted by Gasteiger charge is 2.30. The van der Waals surface area contributed by atoms with E-state index in [2.05, 4.69) is 56.2 Å².